The van der Waals surface area contributed by atoms with Crippen LogP contribution in [0.3, 0.4) is 0 Å². The average molecular weight is 196 g/mol. The van der Waals surface area contributed by atoms with Gasteiger partial charge in [0.2, 0.25) is 0 Å². The van der Waals surface area contributed by atoms with Crippen molar-refractivity contribution in [1.82, 2.24) is 9.55 Å². The first-order chi connectivity index (χ1) is 6.59. The summed E-state index contributed by atoms with van der Waals surface area (Å²) in [5.74, 6) is -0.325. The zero-order valence-corrected chi connectivity index (χ0v) is 7.90. The Morgan fingerprint density at radius 3 is 3.00 bits per heavy atom. The number of carboxylic acid groups (broad SMARTS) is 1. The number of hydrogen-bond acceptors (Lipinski definition) is 3. The zero-order chi connectivity index (χ0) is 10.3. The van der Waals surface area contributed by atoms with Crippen LogP contribution < -0.4 is 0 Å². The number of aromatic nitrogens is 2. The molecule has 0 fully saturated rings. The van der Waals surface area contributed by atoms with E-state index in [-0.39, 0.29) is 11.8 Å². The van der Waals surface area contributed by atoms with Crippen LogP contribution in [0.4, 0.5) is 0 Å². The average Bonchev–Trinajstić information content (AvgIpc) is 2.44. The summed E-state index contributed by atoms with van der Waals surface area (Å²) in [5, 5.41) is 18.3. The zero-order valence-electron chi connectivity index (χ0n) is 7.90. The highest BCUT2D eigenvalue weighted by Gasteiger charge is 2.25. The number of aryl methyl sites for hydroxylation is 1. The first kappa shape index (κ1) is 9.21. The summed E-state index contributed by atoms with van der Waals surface area (Å²) in [6.07, 6.45) is 0.826. The third kappa shape index (κ3) is 1.29. The molecule has 0 amide bonds. The largest absolute Gasteiger partial charge is 0.476 e. The minimum Gasteiger partial charge on any atom is -0.476 e. The van der Waals surface area contributed by atoms with Crippen molar-refractivity contribution in [2.75, 3.05) is 0 Å². The number of fused-ring (bicyclic) bond motifs is 1. The fraction of sp³-hybridized carbons (Fsp3) is 0.556. The van der Waals surface area contributed by atoms with Crippen molar-refractivity contribution in [2.45, 2.75) is 32.4 Å². The smallest absolute Gasteiger partial charge is 0.356 e. The van der Waals surface area contributed by atoms with E-state index in [9.17, 15) is 9.90 Å². The Balaban J connectivity index is 2.49. The van der Waals surface area contributed by atoms with Crippen molar-refractivity contribution >= 4 is 5.97 Å². The Kier molecular flexibility index (Phi) is 2.03. The van der Waals surface area contributed by atoms with Crippen LogP contribution in [0.15, 0.2) is 0 Å². The Bertz CT molecular complexity index is 384. The molecule has 1 aliphatic heterocycles. The summed E-state index contributed by atoms with van der Waals surface area (Å²) in [7, 11) is 0. The van der Waals surface area contributed by atoms with E-state index in [1.165, 1.54) is 0 Å². The van der Waals surface area contributed by atoms with Gasteiger partial charge in [-0.25, -0.2) is 9.78 Å². The van der Waals surface area contributed by atoms with Crippen LogP contribution in [0.5, 0.6) is 0 Å². The number of rotatable bonds is 1. The molecule has 2 N–H and O–H groups in total. The molecule has 0 spiro atoms. The standard InChI is InChI=1S/C9H12N2O3/c1-5-10-8(9(13)14)7-3-2-6(12)4-11(5)7/h6,12H,2-4H2,1H3,(H,13,14). The van der Waals surface area contributed by atoms with Crippen LogP contribution in [-0.2, 0) is 13.0 Å². The van der Waals surface area contributed by atoms with Crippen molar-refractivity contribution in [1.29, 1.82) is 0 Å². The number of aliphatic hydroxyl groups excluding tert-OH is 1. The number of imidazole rings is 1. The number of hydrogen-bond donors (Lipinski definition) is 2. The monoisotopic (exact) mass is 196 g/mol. The Labute approximate surface area is 81.0 Å². The maximum absolute atomic E-state index is 10.8. The maximum Gasteiger partial charge on any atom is 0.356 e. The molecule has 76 valence electrons. The fourth-order valence-corrected chi connectivity index (χ4v) is 1.88. The molecule has 0 aromatic carbocycles. The van der Waals surface area contributed by atoms with E-state index >= 15 is 0 Å². The van der Waals surface area contributed by atoms with Crippen molar-refractivity contribution in [2.24, 2.45) is 0 Å². The van der Waals surface area contributed by atoms with Crippen molar-refractivity contribution in [3.05, 3.63) is 17.2 Å². The molecule has 1 unspecified atom stereocenters. The van der Waals surface area contributed by atoms with Crippen LogP contribution in [0.25, 0.3) is 0 Å². The van der Waals surface area contributed by atoms with Crippen molar-refractivity contribution in [3.8, 4) is 0 Å². The predicted octanol–water partition coefficient (Wildman–Crippen LogP) is 0.197. The molecule has 5 heteroatoms. The van der Waals surface area contributed by atoms with Gasteiger partial charge in [-0.15, -0.1) is 0 Å². The number of nitrogens with zero attached hydrogens (tertiary/aromatic N) is 2. The van der Waals surface area contributed by atoms with Gasteiger partial charge < -0.3 is 14.8 Å². The van der Waals surface area contributed by atoms with Gasteiger partial charge >= 0.3 is 5.97 Å². The first-order valence-electron chi connectivity index (χ1n) is 4.57. The van der Waals surface area contributed by atoms with E-state index in [4.69, 9.17) is 5.11 Å². The quantitative estimate of drug-likeness (QED) is 0.672. The molecular weight excluding hydrogens is 184 g/mol. The van der Waals surface area contributed by atoms with Crippen molar-refractivity contribution < 1.29 is 15.0 Å². The molecule has 2 heterocycles. The van der Waals surface area contributed by atoms with Crippen LogP contribution in [0, 0.1) is 6.92 Å². The molecular formula is C9H12N2O3. The minimum atomic E-state index is -0.988. The van der Waals surface area contributed by atoms with Gasteiger partial charge in [0.1, 0.15) is 5.82 Å². The van der Waals surface area contributed by atoms with Gasteiger partial charge in [-0.05, 0) is 19.8 Å². The van der Waals surface area contributed by atoms with E-state index < -0.39 is 5.97 Å². The fourth-order valence-electron chi connectivity index (χ4n) is 1.88. The second-order valence-corrected chi connectivity index (χ2v) is 3.56. The summed E-state index contributed by atoms with van der Waals surface area (Å²) in [6, 6.07) is 0. The molecule has 1 aromatic rings. The molecule has 1 atom stereocenters. The summed E-state index contributed by atoms with van der Waals surface area (Å²) in [5.41, 5.74) is 0.870. The maximum atomic E-state index is 10.8. The number of carbonyl (C=O) groups is 1. The van der Waals surface area contributed by atoms with Crippen LogP contribution in [0.1, 0.15) is 28.4 Å². The molecule has 0 saturated heterocycles. The molecule has 1 aromatic heterocycles. The lowest BCUT2D eigenvalue weighted by atomic mass is 10.1. The highest BCUT2D eigenvalue weighted by molar-refractivity contribution is 5.86. The SMILES string of the molecule is Cc1nc(C(=O)O)c2n1CC(O)CC2. The van der Waals surface area contributed by atoms with Gasteiger partial charge in [0.05, 0.1) is 18.3 Å². The van der Waals surface area contributed by atoms with E-state index in [1.807, 2.05) is 0 Å². The Morgan fingerprint density at radius 2 is 2.36 bits per heavy atom. The van der Waals surface area contributed by atoms with Gasteiger partial charge in [-0.3, -0.25) is 0 Å². The van der Waals surface area contributed by atoms with Crippen LogP contribution in [-0.4, -0.2) is 31.8 Å². The van der Waals surface area contributed by atoms with Gasteiger partial charge in [-0.2, -0.15) is 0 Å². The summed E-state index contributed by atoms with van der Waals surface area (Å²) in [4.78, 5) is 14.8. The molecule has 1 aliphatic rings. The Morgan fingerprint density at radius 1 is 1.64 bits per heavy atom. The van der Waals surface area contributed by atoms with Gasteiger partial charge in [0.15, 0.2) is 5.69 Å². The van der Waals surface area contributed by atoms with Gasteiger partial charge in [0.25, 0.3) is 0 Å². The van der Waals surface area contributed by atoms with E-state index in [1.54, 1.807) is 11.5 Å². The molecule has 2 rings (SSSR count). The number of carboxylic acids is 1. The number of aliphatic hydroxyl groups is 1. The molecule has 14 heavy (non-hydrogen) atoms. The third-order valence-corrected chi connectivity index (χ3v) is 2.57. The van der Waals surface area contributed by atoms with Gasteiger partial charge in [-0.1, -0.05) is 0 Å². The van der Waals surface area contributed by atoms with E-state index in [2.05, 4.69) is 4.98 Å². The summed E-state index contributed by atoms with van der Waals surface area (Å²) >= 11 is 0. The first-order valence-corrected chi connectivity index (χ1v) is 4.57. The Hall–Kier alpha value is -1.36. The lowest BCUT2D eigenvalue weighted by Gasteiger charge is -2.20. The molecule has 0 bridgehead atoms. The second kappa shape index (κ2) is 3.09. The summed E-state index contributed by atoms with van der Waals surface area (Å²) < 4.78 is 1.79. The predicted molar refractivity (Wildman–Crippen MR) is 48.3 cm³/mol. The minimum absolute atomic E-state index is 0.134. The van der Waals surface area contributed by atoms with Crippen molar-refractivity contribution in [3.63, 3.8) is 0 Å². The molecule has 0 saturated carbocycles. The number of aromatic carboxylic acids is 1. The normalized spacial score (nSPS) is 20.6. The summed E-state index contributed by atoms with van der Waals surface area (Å²) in [6.45, 7) is 2.22. The highest BCUT2D eigenvalue weighted by Crippen LogP contribution is 2.20. The van der Waals surface area contributed by atoms with E-state index in [0.29, 0.717) is 25.2 Å². The topological polar surface area (TPSA) is 75.3 Å². The second-order valence-electron chi connectivity index (χ2n) is 3.56. The lowest BCUT2D eigenvalue weighted by Crippen LogP contribution is -2.25. The van der Waals surface area contributed by atoms with E-state index in [0.717, 1.165) is 5.69 Å². The third-order valence-electron chi connectivity index (χ3n) is 2.57. The molecule has 0 radical (unpaired) electrons. The lowest BCUT2D eigenvalue weighted by molar-refractivity contribution is 0.0686. The van der Waals surface area contributed by atoms with Gasteiger partial charge in [0, 0.05) is 0 Å². The van der Waals surface area contributed by atoms with Crippen LogP contribution >= 0.6 is 0 Å². The van der Waals surface area contributed by atoms with Crippen LogP contribution in [0.2, 0.25) is 0 Å². The molecule has 0 aliphatic carbocycles. The molecule has 5 nitrogen and oxygen atoms in total. The highest BCUT2D eigenvalue weighted by atomic mass is 16.4.